The molecule has 0 saturated carbocycles. The van der Waals surface area contributed by atoms with Crippen LogP contribution in [0.4, 0.5) is 10.2 Å². The van der Waals surface area contributed by atoms with E-state index in [9.17, 15) is 9.18 Å². The zero-order valence-corrected chi connectivity index (χ0v) is 11.9. The number of ether oxygens (including phenoxy) is 1. The SMILES string of the molecule is CCNc1ncc(F)cc1C(=O)N1CCOCC1CC. The van der Waals surface area contributed by atoms with Gasteiger partial charge < -0.3 is 15.0 Å². The van der Waals surface area contributed by atoms with E-state index in [-0.39, 0.29) is 17.5 Å². The van der Waals surface area contributed by atoms with E-state index in [1.165, 1.54) is 6.07 Å². The van der Waals surface area contributed by atoms with Crippen molar-refractivity contribution in [2.75, 3.05) is 31.6 Å². The standard InChI is InChI=1S/C14H20FN3O2/c1-3-11-9-20-6-5-18(11)14(19)12-7-10(15)8-17-13(12)16-4-2/h7-8,11H,3-6,9H2,1-2H3,(H,16,17). The number of hydrogen-bond acceptors (Lipinski definition) is 4. The van der Waals surface area contributed by atoms with E-state index in [2.05, 4.69) is 10.3 Å². The summed E-state index contributed by atoms with van der Waals surface area (Å²) in [6, 6.07) is 1.28. The number of pyridine rings is 1. The summed E-state index contributed by atoms with van der Waals surface area (Å²) in [6.45, 7) is 6.11. The molecule has 1 aromatic rings. The molecule has 0 aliphatic carbocycles. The van der Waals surface area contributed by atoms with E-state index in [0.29, 0.717) is 32.1 Å². The molecule has 110 valence electrons. The van der Waals surface area contributed by atoms with E-state index in [0.717, 1.165) is 12.6 Å². The number of amides is 1. The maximum atomic E-state index is 13.4. The van der Waals surface area contributed by atoms with Crippen molar-refractivity contribution in [2.45, 2.75) is 26.3 Å². The third-order valence-electron chi connectivity index (χ3n) is 3.39. The highest BCUT2D eigenvalue weighted by Gasteiger charge is 2.28. The van der Waals surface area contributed by atoms with E-state index in [1.54, 1.807) is 4.90 Å². The molecule has 1 atom stereocenters. The predicted octanol–water partition coefficient (Wildman–Crippen LogP) is 1.90. The molecule has 20 heavy (non-hydrogen) atoms. The van der Waals surface area contributed by atoms with Crippen molar-refractivity contribution in [3.05, 3.63) is 23.6 Å². The van der Waals surface area contributed by atoms with Gasteiger partial charge in [0.05, 0.1) is 31.0 Å². The van der Waals surface area contributed by atoms with Crippen LogP contribution in [0.5, 0.6) is 0 Å². The number of aromatic nitrogens is 1. The van der Waals surface area contributed by atoms with Crippen LogP contribution in [0.3, 0.4) is 0 Å². The molecular formula is C14H20FN3O2. The van der Waals surface area contributed by atoms with Gasteiger partial charge in [-0.05, 0) is 19.4 Å². The van der Waals surface area contributed by atoms with E-state index < -0.39 is 5.82 Å². The molecular weight excluding hydrogens is 261 g/mol. The Hall–Kier alpha value is -1.69. The summed E-state index contributed by atoms with van der Waals surface area (Å²) in [4.78, 5) is 18.4. The molecule has 1 fully saturated rings. The molecule has 0 spiro atoms. The molecule has 2 rings (SSSR count). The van der Waals surface area contributed by atoms with Crippen LogP contribution >= 0.6 is 0 Å². The third-order valence-corrected chi connectivity index (χ3v) is 3.39. The number of anilines is 1. The molecule has 1 aromatic heterocycles. The zero-order valence-electron chi connectivity index (χ0n) is 11.9. The third kappa shape index (κ3) is 3.07. The van der Waals surface area contributed by atoms with Crippen LogP contribution < -0.4 is 5.32 Å². The highest BCUT2D eigenvalue weighted by atomic mass is 19.1. The van der Waals surface area contributed by atoms with Crippen molar-refractivity contribution in [3.8, 4) is 0 Å². The maximum Gasteiger partial charge on any atom is 0.258 e. The van der Waals surface area contributed by atoms with Gasteiger partial charge in [0, 0.05) is 13.1 Å². The van der Waals surface area contributed by atoms with Crippen LogP contribution in [-0.4, -0.2) is 48.1 Å². The maximum absolute atomic E-state index is 13.4. The fourth-order valence-corrected chi connectivity index (χ4v) is 2.33. The second kappa shape index (κ2) is 6.65. The minimum Gasteiger partial charge on any atom is -0.377 e. The van der Waals surface area contributed by atoms with Gasteiger partial charge in [-0.3, -0.25) is 4.79 Å². The van der Waals surface area contributed by atoms with Crippen LogP contribution in [0.2, 0.25) is 0 Å². The predicted molar refractivity (Wildman–Crippen MR) is 74.3 cm³/mol. The van der Waals surface area contributed by atoms with Gasteiger partial charge in [0.15, 0.2) is 0 Å². The van der Waals surface area contributed by atoms with Crippen LogP contribution in [0.15, 0.2) is 12.3 Å². The van der Waals surface area contributed by atoms with Crippen LogP contribution in [0, 0.1) is 5.82 Å². The lowest BCUT2D eigenvalue weighted by Crippen LogP contribution is -2.48. The first-order chi connectivity index (χ1) is 9.67. The molecule has 1 saturated heterocycles. The number of carbonyl (C=O) groups is 1. The summed E-state index contributed by atoms with van der Waals surface area (Å²) in [5.41, 5.74) is 0.284. The number of nitrogens with zero attached hydrogens (tertiary/aromatic N) is 2. The number of carbonyl (C=O) groups excluding carboxylic acids is 1. The average Bonchev–Trinajstić information content (AvgIpc) is 2.48. The Balaban J connectivity index is 2.29. The zero-order chi connectivity index (χ0) is 14.5. The van der Waals surface area contributed by atoms with E-state index in [4.69, 9.17) is 4.74 Å². The first kappa shape index (κ1) is 14.7. The lowest BCUT2D eigenvalue weighted by atomic mass is 10.1. The molecule has 1 aliphatic heterocycles. The Morgan fingerprint density at radius 1 is 1.60 bits per heavy atom. The smallest absolute Gasteiger partial charge is 0.258 e. The highest BCUT2D eigenvalue weighted by molar-refractivity contribution is 5.99. The topological polar surface area (TPSA) is 54.5 Å². The van der Waals surface area contributed by atoms with Crippen molar-refractivity contribution in [3.63, 3.8) is 0 Å². The average molecular weight is 281 g/mol. The minimum atomic E-state index is -0.503. The largest absolute Gasteiger partial charge is 0.377 e. The van der Waals surface area contributed by atoms with Crippen LogP contribution in [-0.2, 0) is 4.74 Å². The van der Waals surface area contributed by atoms with E-state index in [1.807, 2.05) is 13.8 Å². The van der Waals surface area contributed by atoms with Gasteiger partial charge in [0.2, 0.25) is 0 Å². The normalized spacial score (nSPS) is 18.9. The van der Waals surface area contributed by atoms with Crippen molar-refractivity contribution in [1.82, 2.24) is 9.88 Å². The minimum absolute atomic E-state index is 0.0361. The first-order valence-electron chi connectivity index (χ1n) is 6.95. The number of nitrogens with one attached hydrogen (secondary N) is 1. The Labute approximate surface area is 118 Å². The fourth-order valence-electron chi connectivity index (χ4n) is 2.33. The fraction of sp³-hybridized carbons (Fsp3) is 0.571. The number of halogens is 1. The number of rotatable bonds is 4. The molecule has 0 aromatic carbocycles. The second-order valence-corrected chi connectivity index (χ2v) is 4.72. The Morgan fingerprint density at radius 2 is 2.40 bits per heavy atom. The van der Waals surface area contributed by atoms with Gasteiger partial charge in [-0.25, -0.2) is 9.37 Å². The van der Waals surface area contributed by atoms with Crippen LogP contribution in [0.25, 0.3) is 0 Å². The van der Waals surface area contributed by atoms with Gasteiger partial charge in [-0.2, -0.15) is 0 Å². The monoisotopic (exact) mass is 281 g/mol. The summed E-state index contributed by atoms with van der Waals surface area (Å²) >= 11 is 0. The molecule has 5 nitrogen and oxygen atoms in total. The second-order valence-electron chi connectivity index (χ2n) is 4.72. The number of morpholine rings is 1. The van der Waals surface area contributed by atoms with Gasteiger partial charge >= 0.3 is 0 Å². The Kier molecular flexibility index (Phi) is 4.89. The van der Waals surface area contributed by atoms with Crippen molar-refractivity contribution in [2.24, 2.45) is 0 Å². The molecule has 0 bridgehead atoms. The quantitative estimate of drug-likeness (QED) is 0.916. The van der Waals surface area contributed by atoms with Crippen molar-refractivity contribution in [1.29, 1.82) is 0 Å². The lowest BCUT2D eigenvalue weighted by Gasteiger charge is -2.35. The molecule has 6 heteroatoms. The molecule has 1 aliphatic rings. The number of hydrogen-bond donors (Lipinski definition) is 1. The van der Waals surface area contributed by atoms with E-state index >= 15 is 0 Å². The van der Waals surface area contributed by atoms with Crippen LogP contribution in [0.1, 0.15) is 30.6 Å². The molecule has 0 radical (unpaired) electrons. The highest BCUT2D eigenvalue weighted by Crippen LogP contribution is 2.20. The summed E-state index contributed by atoms with van der Waals surface area (Å²) < 4.78 is 18.8. The Morgan fingerprint density at radius 3 is 3.10 bits per heavy atom. The van der Waals surface area contributed by atoms with Gasteiger partial charge in [0.25, 0.3) is 5.91 Å². The molecule has 2 heterocycles. The van der Waals surface area contributed by atoms with Gasteiger partial charge in [-0.15, -0.1) is 0 Å². The molecule has 1 N–H and O–H groups in total. The Bertz CT molecular complexity index is 481. The molecule has 1 amide bonds. The summed E-state index contributed by atoms with van der Waals surface area (Å²) in [5, 5.41) is 3.00. The van der Waals surface area contributed by atoms with Gasteiger partial charge in [-0.1, -0.05) is 6.92 Å². The summed E-state index contributed by atoms with van der Waals surface area (Å²) in [7, 11) is 0. The van der Waals surface area contributed by atoms with Gasteiger partial charge in [0.1, 0.15) is 11.6 Å². The first-order valence-corrected chi connectivity index (χ1v) is 6.95. The summed E-state index contributed by atoms with van der Waals surface area (Å²) in [6.07, 6.45) is 1.93. The van der Waals surface area contributed by atoms with Crippen molar-refractivity contribution < 1.29 is 13.9 Å². The molecule has 1 unspecified atom stereocenters. The van der Waals surface area contributed by atoms with Crippen molar-refractivity contribution >= 4 is 11.7 Å². The summed E-state index contributed by atoms with van der Waals surface area (Å²) in [5.74, 6) is -0.264. The lowest BCUT2D eigenvalue weighted by molar-refractivity contribution is -0.00278.